The van der Waals surface area contributed by atoms with Crippen molar-refractivity contribution in [3.63, 3.8) is 0 Å². The Kier molecular flexibility index (Phi) is 4.96. The predicted octanol–water partition coefficient (Wildman–Crippen LogP) is 2.96. The lowest BCUT2D eigenvalue weighted by molar-refractivity contribution is 0.203. The number of nitrogens with one attached hydrogen (secondary N) is 1. The van der Waals surface area contributed by atoms with Gasteiger partial charge in [0.25, 0.3) is 0 Å². The van der Waals surface area contributed by atoms with Gasteiger partial charge in [0, 0.05) is 24.8 Å². The van der Waals surface area contributed by atoms with Crippen LogP contribution in [0.3, 0.4) is 0 Å². The van der Waals surface area contributed by atoms with Crippen molar-refractivity contribution in [3.8, 4) is 0 Å². The molecule has 4 nitrogen and oxygen atoms in total. The first kappa shape index (κ1) is 15.0. The molecule has 1 aromatic rings. The van der Waals surface area contributed by atoms with Gasteiger partial charge >= 0.3 is 0 Å². The largest absolute Gasteiger partial charge is 0.312 e. The molecule has 118 valence electrons. The van der Waals surface area contributed by atoms with Gasteiger partial charge in [-0.25, -0.2) is 0 Å². The molecule has 3 rings (SSSR count). The first-order chi connectivity index (χ1) is 10.3. The molecule has 4 heteroatoms. The molecule has 2 fully saturated rings. The quantitative estimate of drug-likeness (QED) is 0.874. The molecule has 0 aromatic carbocycles. The minimum Gasteiger partial charge on any atom is -0.312 e. The van der Waals surface area contributed by atoms with Crippen molar-refractivity contribution in [1.82, 2.24) is 20.0 Å². The Labute approximate surface area is 128 Å². The predicted molar refractivity (Wildman–Crippen MR) is 86.3 cm³/mol. The van der Waals surface area contributed by atoms with E-state index in [4.69, 9.17) is 5.10 Å². The molecule has 0 spiro atoms. The minimum absolute atomic E-state index is 0.560. The highest BCUT2D eigenvalue weighted by Gasteiger charge is 2.33. The van der Waals surface area contributed by atoms with Gasteiger partial charge in [-0.1, -0.05) is 13.8 Å². The van der Waals surface area contributed by atoms with Crippen LogP contribution in [0.5, 0.6) is 0 Å². The smallest absolute Gasteiger partial charge is 0.0765 e. The number of hydrogen-bond donors (Lipinski definition) is 1. The topological polar surface area (TPSA) is 33.1 Å². The van der Waals surface area contributed by atoms with Crippen molar-refractivity contribution in [2.45, 2.75) is 77.0 Å². The van der Waals surface area contributed by atoms with Crippen LogP contribution >= 0.6 is 0 Å². The highest BCUT2D eigenvalue weighted by atomic mass is 15.3. The van der Waals surface area contributed by atoms with Crippen molar-refractivity contribution in [2.75, 3.05) is 13.1 Å². The molecule has 0 aliphatic carbocycles. The molecule has 0 saturated carbocycles. The fraction of sp³-hybridized carbons (Fsp3) is 0.824. The Morgan fingerprint density at radius 1 is 1.29 bits per heavy atom. The van der Waals surface area contributed by atoms with Crippen LogP contribution in [0.25, 0.3) is 0 Å². The third-order valence-corrected chi connectivity index (χ3v) is 5.32. The van der Waals surface area contributed by atoms with Gasteiger partial charge in [-0.3, -0.25) is 9.58 Å². The summed E-state index contributed by atoms with van der Waals surface area (Å²) >= 11 is 0. The first-order valence-electron chi connectivity index (χ1n) is 8.83. The summed E-state index contributed by atoms with van der Waals surface area (Å²) in [5.74, 6) is 0. The highest BCUT2D eigenvalue weighted by Crippen LogP contribution is 2.26. The third-order valence-electron chi connectivity index (χ3n) is 5.32. The third kappa shape index (κ3) is 3.32. The molecular weight excluding hydrogens is 260 g/mol. The molecule has 1 aromatic heterocycles. The van der Waals surface area contributed by atoms with E-state index in [0.29, 0.717) is 12.1 Å². The number of hydrogen-bond acceptors (Lipinski definition) is 3. The van der Waals surface area contributed by atoms with E-state index in [0.717, 1.165) is 25.4 Å². The Morgan fingerprint density at radius 2 is 2.14 bits per heavy atom. The number of aromatic nitrogens is 2. The summed E-state index contributed by atoms with van der Waals surface area (Å²) in [5, 5.41) is 8.52. The summed E-state index contributed by atoms with van der Waals surface area (Å²) in [6.07, 6.45) is 9.89. The van der Waals surface area contributed by atoms with E-state index in [9.17, 15) is 0 Å². The van der Waals surface area contributed by atoms with Gasteiger partial charge in [0.15, 0.2) is 0 Å². The lowest BCUT2D eigenvalue weighted by atomic mass is 10.0. The van der Waals surface area contributed by atoms with Crippen molar-refractivity contribution in [2.24, 2.45) is 0 Å². The molecule has 1 N–H and O–H groups in total. The summed E-state index contributed by atoms with van der Waals surface area (Å²) in [4.78, 5) is 2.66. The van der Waals surface area contributed by atoms with Gasteiger partial charge in [-0.2, -0.15) is 5.10 Å². The summed E-state index contributed by atoms with van der Waals surface area (Å²) in [6.45, 7) is 7.96. The van der Waals surface area contributed by atoms with E-state index in [2.05, 4.69) is 41.0 Å². The van der Waals surface area contributed by atoms with Gasteiger partial charge in [-0.15, -0.1) is 0 Å². The lowest BCUT2D eigenvalue weighted by Crippen LogP contribution is -2.43. The van der Waals surface area contributed by atoms with Crippen molar-refractivity contribution in [3.05, 3.63) is 18.0 Å². The molecule has 2 atom stereocenters. The van der Waals surface area contributed by atoms with Gasteiger partial charge in [0.2, 0.25) is 0 Å². The summed E-state index contributed by atoms with van der Waals surface area (Å²) in [6, 6.07) is 4.22. The zero-order valence-corrected chi connectivity index (χ0v) is 13.6. The zero-order chi connectivity index (χ0) is 14.7. The molecule has 21 heavy (non-hydrogen) atoms. The van der Waals surface area contributed by atoms with Crippen LogP contribution in [0.15, 0.2) is 12.3 Å². The minimum atomic E-state index is 0.560. The Morgan fingerprint density at radius 3 is 2.86 bits per heavy atom. The van der Waals surface area contributed by atoms with Gasteiger partial charge in [0.1, 0.15) is 0 Å². The average Bonchev–Trinajstić information content (AvgIpc) is 3.21. The monoisotopic (exact) mass is 290 g/mol. The molecule has 2 aliphatic rings. The SMILES string of the molecule is CCC(CC)n1ccc(CN2CCCC2C2CCCN2)n1. The normalized spacial score (nSPS) is 27.0. The molecular formula is C17H30N4. The van der Waals surface area contributed by atoms with Crippen LogP contribution in [0.4, 0.5) is 0 Å². The maximum Gasteiger partial charge on any atom is 0.0765 e. The second kappa shape index (κ2) is 6.93. The molecule has 2 aliphatic heterocycles. The van der Waals surface area contributed by atoms with E-state index >= 15 is 0 Å². The van der Waals surface area contributed by atoms with Crippen LogP contribution in [0, 0.1) is 0 Å². The Bertz CT molecular complexity index is 432. The van der Waals surface area contributed by atoms with Crippen molar-refractivity contribution >= 4 is 0 Å². The molecule has 2 saturated heterocycles. The highest BCUT2D eigenvalue weighted by molar-refractivity contribution is 5.02. The maximum atomic E-state index is 4.83. The zero-order valence-electron chi connectivity index (χ0n) is 13.6. The van der Waals surface area contributed by atoms with Gasteiger partial charge in [0.05, 0.1) is 11.7 Å². The summed E-state index contributed by atoms with van der Waals surface area (Å²) in [5.41, 5.74) is 1.24. The lowest BCUT2D eigenvalue weighted by Gasteiger charge is -2.28. The number of nitrogens with zero attached hydrogens (tertiary/aromatic N) is 3. The first-order valence-corrected chi connectivity index (χ1v) is 8.83. The molecule has 0 radical (unpaired) electrons. The molecule has 2 unspecified atom stereocenters. The average molecular weight is 290 g/mol. The van der Waals surface area contributed by atoms with Gasteiger partial charge < -0.3 is 5.32 Å². The van der Waals surface area contributed by atoms with Crippen LogP contribution in [-0.4, -0.2) is 39.9 Å². The van der Waals surface area contributed by atoms with E-state index in [-0.39, 0.29) is 0 Å². The maximum absolute atomic E-state index is 4.83. The van der Waals surface area contributed by atoms with Crippen molar-refractivity contribution < 1.29 is 0 Å². The molecule has 0 amide bonds. The second-order valence-corrected chi connectivity index (χ2v) is 6.64. The summed E-state index contributed by atoms with van der Waals surface area (Å²) < 4.78 is 2.17. The number of likely N-dealkylation sites (tertiary alicyclic amines) is 1. The van der Waals surface area contributed by atoms with E-state index in [1.54, 1.807) is 0 Å². The number of rotatable bonds is 6. The van der Waals surface area contributed by atoms with E-state index < -0.39 is 0 Å². The van der Waals surface area contributed by atoms with E-state index in [1.165, 1.54) is 44.5 Å². The van der Waals surface area contributed by atoms with Gasteiger partial charge in [-0.05, 0) is 57.7 Å². The Hall–Kier alpha value is -0.870. The van der Waals surface area contributed by atoms with Crippen molar-refractivity contribution in [1.29, 1.82) is 0 Å². The van der Waals surface area contributed by atoms with Crippen LogP contribution < -0.4 is 5.32 Å². The van der Waals surface area contributed by atoms with Crippen LogP contribution in [-0.2, 0) is 6.54 Å². The van der Waals surface area contributed by atoms with Crippen LogP contribution in [0.1, 0.15) is 64.1 Å². The van der Waals surface area contributed by atoms with E-state index in [1.807, 2.05) is 0 Å². The summed E-state index contributed by atoms with van der Waals surface area (Å²) in [7, 11) is 0. The standard InChI is InChI=1S/C17H30N4/c1-3-15(4-2)21-12-9-14(19-21)13-20-11-6-8-17(20)16-7-5-10-18-16/h9,12,15-18H,3-8,10-11,13H2,1-2H3. The molecule has 0 bridgehead atoms. The van der Waals surface area contributed by atoms with Crippen LogP contribution in [0.2, 0.25) is 0 Å². The fourth-order valence-electron chi connectivity index (χ4n) is 4.08. The fourth-order valence-corrected chi connectivity index (χ4v) is 4.08. The Balaban J connectivity index is 1.62. The second-order valence-electron chi connectivity index (χ2n) is 6.64. The molecule has 3 heterocycles.